The average Bonchev–Trinajstić information content (AvgIpc) is 2.94. The van der Waals surface area contributed by atoms with Gasteiger partial charge in [-0.15, -0.1) is 0 Å². The third-order valence-electron chi connectivity index (χ3n) is 4.70. The second-order valence-corrected chi connectivity index (χ2v) is 6.33. The van der Waals surface area contributed by atoms with Crippen molar-refractivity contribution in [2.24, 2.45) is 23.5 Å². The third kappa shape index (κ3) is 2.42. The quantitative estimate of drug-likeness (QED) is 0.850. The van der Waals surface area contributed by atoms with E-state index in [1.807, 2.05) is 0 Å². The molecule has 0 saturated heterocycles. The van der Waals surface area contributed by atoms with Crippen LogP contribution in [0.5, 0.6) is 0 Å². The summed E-state index contributed by atoms with van der Waals surface area (Å²) in [5, 5.41) is 0. The van der Waals surface area contributed by atoms with E-state index in [1.165, 1.54) is 37.8 Å². The molecule has 1 aromatic heterocycles. The van der Waals surface area contributed by atoms with E-state index < -0.39 is 0 Å². The molecule has 0 aliphatic heterocycles. The van der Waals surface area contributed by atoms with Crippen LogP contribution in [0, 0.1) is 17.8 Å². The molecule has 0 spiro atoms. The number of fused-ring (bicyclic) bond motifs is 2. The maximum Gasteiger partial charge on any atom is 0.0250 e. The Morgan fingerprint density at radius 3 is 2.94 bits per heavy atom. The van der Waals surface area contributed by atoms with Gasteiger partial charge in [0, 0.05) is 25.0 Å². The van der Waals surface area contributed by atoms with Gasteiger partial charge in [-0.3, -0.25) is 0 Å². The molecule has 2 nitrogen and oxygen atoms in total. The largest absolute Gasteiger partial charge is 0.354 e. The summed E-state index contributed by atoms with van der Waals surface area (Å²) < 4.78 is 2.39. The number of hydrogen-bond donors (Lipinski definition) is 1. The molecule has 3 rings (SSSR count). The van der Waals surface area contributed by atoms with Gasteiger partial charge in [0.1, 0.15) is 0 Å². The molecule has 17 heavy (non-hydrogen) atoms. The zero-order chi connectivity index (χ0) is 11.8. The van der Waals surface area contributed by atoms with E-state index in [-0.39, 0.29) is 6.04 Å². The number of nitrogens with zero attached hydrogens (tertiary/aromatic N) is 1. The van der Waals surface area contributed by atoms with Crippen LogP contribution in [0.4, 0.5) is 0 Å². The summed E-state index contributed by atoms with van der Waals surface area (Å²) in [7, 11) is 0. The van der Waals surface area contributed by atoms with Crippen molar-refractivity contribution in [2.75, 3.05) is 0 Å². The second kappa shape index (κ2) is 4.49. The smallest absolute Gasteiger partial charge is 0.0250 e. The van der Waals surface area contributed by atoms with E-state index in [9.17, 15) is 0 Å². The Morgan fingerprint density at radius 2 is 2.29 bits per heavy atom. The van der Waals surface area contributed by atoms with Crippen molar-refractivity contribution in [3.63, 3.8) is 0 Å². The Hall–Kier alpha value is -0.760. The molecule has 2 N–H and O–H groups in total. The molecule has 0 amide bonds. The maximum absolute atomic E-state index is 5.84. The molecule has 2 heteroatoms. The summed E-state index contributed by atoms with van der Waals surface area (Å²) in [6.07, 6.45) is 11.5. The van der Waals surface area contributed by atoms with Crippen LogP contribution in [0.15, 0.2) is 18.5 Å². The predicted molar refractivity (Wildman–Crippen MR) is 70.7 cm³/mol. The summed E-state index contributed by atoms with van der Waals surface area (Å²) in [4.78, 5) is 0. The fourth-order valence-corrected chi connectivity index (χ4v) is 3.97. The van der Waals surface area contributed by atoms with Crippen LogP contribution in [-0.4, -0.2) is 10.6 Å². The molecule has 1 heterocycles. The van der Waals surface area contributed by atoms with Gasteiger partial charge < -0.3 is 10.3 Å². The van der Waals surface area contributed by atoms with Crippen LogP contribution >= 0.6 is 0 Å². The first-order chi connectivity index (χ1) is 8.20. The Labute approximate surface area is 104 Å². The summed E-state index contributed by atoms with van der Waals surface area (Å²) in [5.74, 6) is 3.03. The normalized spacial score (nSPS) is 33.2. The van der Waals surface area contributed by atoms with E-state index in [0.717, 1.165) is 24.2 Å². The first-order valence-corrected chi connectivity index (χ1v) is 7.11. The van der Waals surface area contributed by atoms with E-state index in [1.54, 1.807) is 0 Å². The summed E-state index contributed by atoms with van der Waals surface area (Å²) >= 11 is 0. The molecule has 2 aliphatic carbocycles. The van der Waals surface area contributed by atoms with Crippen LogP contribution in [0.1, 0.15) is 38.2 Å². The monoisotopic (exact) mass is 232 g/mol. The van der Waals surface area contributed by atoms with Gasteiger partial charge in [0.05, 0.1) is 0 Å². The van der Waals surface area contributed by atoms with Gasteiger partial charge in [-0.25, -0.2) is 0 Å². The fourth-order valence-electron chi connectivity index (χ4n) is 3.97. The van der Waals surface area contributed by atoms with Gasteiger partial charge in [0.2, 0.25) is 0 Å². The van der Waals surface area contributed by atoms with Crippen LogP contribution in [-0.2, 0) is 13.0 Å². The van der Waals surface area contributed by atoms with Crippen molar-refractivity contribution in [3.05, 3.63) is 24.0 Å². The standard InChI is InChI=1S/C15H24N2/c1-11(16)6-13-4-5-17(9-13)10-15-8-12-2-3-14(15)7-12/h4-5,9,11-12,14-15H,2-3,6-8,10,16H2,1H3. The molecule has 0 radical (unpaired) electrons. The lowest BCUT2D eigenvalue weighted by atomic mass is 9.89. The Kier molecular flexibility index (Phi) is 2.99. The minimum Gasteiger partial charge on any atom is -0.354 e. The molecule has 94 valence electrons. The highest BCUT2D eigenvalue weighted by atomic mass is 14.9. The van der Waals surface area contributed by atoms with Crippen LogP contribution in [0.25, 0.3) is 0 Å². The minimum atomic E-state index is 0.272. The van der Waals surface area contributed by atoms with Crippen molar-refractivity contribution < 1.29 is 0 Å². The Balaban J connectivity index is 1.60. The lowest BCUT2D eigenvalue weighted by molar-refractivity contribution is 0.296. The van der Waals surface area contributed by atoms with Gasteiger partial charge in [-0.1, -0.05) is 6.42 Å². The van der Waals surface area contributed by atoms with Crippen molar-refractivity contribution >= 4 is 0 Å². The first-order valence-electron chi connectivity index (χ1n) is 7.11. The van der Waals surface area contributed by atoms with E-state index >= 15 is 0 Å². The highest BCUT2D eigenvalue weighted by Crippen LogP contribution is 2.48. The zero-order valence-electron chi connectivity index (χ0n) is 10.8. The predicted octanol–water partition coefficient (Wildman–Crippen LogP) is 2.81. The lowest BCUT2D eigenvalue weighted by Crippen LogP contribution is -2.18. The maximum atomic E-state index is 5.84. The summed E-state index contributed by atoms with van der Waals surface area (Å²) in [6, 6.07) is 2.50. The number of rotatable bonds is 4. The zero-order valence-corrected chi connectivity index (χ0v) is 10.8. The van der Waals surface area contributed by atoms with E-state index in [4.69, 9.17) is 5.73 Å². The molecule has 4 atom stereocenters. The minimum absolute atomic E-state index is 0.272. The van der Waals surface area contributed by atoms with E-state index in [2.05, 4.69) is 30.0 Å². The molecular formula is C15H24N2. The number of hydrogen-bond acceptors (Lipinski definition) is 1. The van der Waals surface area contributed by atoms with Crippen LogP contribution in [0.2, 0.25) is 0 Å². The molecule has 2 bridgehead atoms. The molecule has 4 unspecified atom stereocenters. The van der Waals surface area contributed by atoms with Gasteiger partial charge in [-0.05, 0) is 62.0 Å². The Bertz CT molecular complexity index is 380. The fraction of sp³-hybridized carbons (Fsp3) is 0.733. The molecule has 2 aliphatic rings. The van der Waals surface area contributed by atoms with Crippen LogP contribution < -0.4 is 5.73 Å². The molecule has 1 aromatic rings. The Morgan fingerprint density at radius 1 is 1.41 bits per heavy atom. The lowest BCUT2D eigenvalue weighted by Gasteiger charge is -2.22. The van der Waals surface area contributed by atoms with Crippen molar-refractivity contribution in [2.45, 2.75) is 51.6 Å². The molecule has 2 saturated carbocycles. The van der Waals surface area contributed by atoms with E-state index in [0.29, 0.717) is 0 Å². The topological polar surface area (TPSA) is 30.9 Å². The highest BCUT2D eigenvalue weighted by molar-refractivity contribution is 5.11. The summed E-state index contributed by atoms with van der Waals surface area (Å²) in [5.41, 5.74) is 7.23. The van der Waals surface area contributed by atoms with Gasteiger partial charge >= 0.3 is 0 Å². The number of nitrogens with two attached hydrogens (primary N) is 1. The molecular weight excluding hydrogens is 208 g/mol. The van der Waals surface area contributed by atoms with Crippen molar-refractivity contribution in [3.8, 4) is 0 Å². The van der Waals surface area contributed by atoms with Gasteiger partial charge in [0.25, 0.3) is 0 Å². The first kappa shape index (κ1) is 11.3. The second-order valence-electron chi connectivity index (χ2n) is 6.33. The molecule has 0 aromatic carbocycles. The number of aromatic nitrogens is 1. The third-order valence-corrected chi connectivity index (χ3v) is 4.70. The van der Waals surface area contributed by atoms with Gasteiger partial charge in [-0.2, -0.15) is 0 Å². The summed E-state index contributed by atoms with van der Waals surface area (Å²) in [6.45, 7) is 3.31. The van der Waals surface area contributed by atoms with Crippen molar-refractivity contribution in [1.82, 2.24) is 4.57 Å². The SMILES string of the molecule is CC(N)Cc1ccn(CC2CC3CCC2C3)c1. The van der Waals surface area contributed by atoms with Crippen LogP contribution in [0.3, 0.4) is 0 Å². The van der Waals surface area contributed by atoms with Gasteiger partial charge in [0.15, 0.2) is 0 Å². The highest BCUT2D eigenvalue weighted by Gasteiger charge is 2.39. The average molecular weight is 232 g/mol. The van der Waals surface area contributed by atoms with Crippen molar-refractivity contribution in [1.29, 1.82) is 0 Å². The molecule has 2 fully saturated rings.